The Morgan fingerprint density at radius 1 is 1.10 bits per heavy atom. The summed E-state index contributed by atoms with van der Waals surface area (Å²) in [7, 11) is -3.67. The molecule has 6 nitrogen and oxygen atoms in total. The summed E-state index contributed by atoms with van der Waals surface area (Å²) < 4.78 is 35.7. The number of nitrogens with one attached hydrogen (secondary N) is 2. The van der Waals surface area contributed by atoms with Gasteiger partial charge in [-0.25, -0.2) is 17.9 Å². The second-order valence-electron chi connectivity index (χ2n) is 6.45. The zero-order valence-corrected chi connectivity index (χ0v) is 19.8. The third-order valence-corrected chi connectivity index (χ3v) is 5.19. The molecule has 0 aliphatic carbocycles. The molecule has 4 N–H and O–H groups in total. The first kappa shape index (κ1) is 25.3. The summed E-state index contributed by atoms with van der Waals surface area (Å²) in [5.74, 6) is 0.486. The van der Waals surface area contributed by atoms with E-state index in [-0.39, 0.29) is 34.7 Å². The van der Waals surface area contributed by atoms with E-state index in [1.165, 1.54) is 24.3 Å². The standard InChI is InChI=1S/C20H27FN4O2S.HI/c1-3-23-20(25-13-11-17-6-7-18(21)14-15(17)2)24-12-10-16-4-8-19(9-5-16)28(22,26)27;/h4-9,14H,3,10-13H2,1-2H3,(H2,22,26,27)(H2,23,24,25);1H. The highest BCUT2D eigenvalue weighted by atomic mass is 127. The number of sulfonamides is 1. The third kappa shape index (κ3) is 8.67. The number of rotatable bonds is 8. The van der Waals surface area contributed by atoms with Gasteiger partial charge in [0.1, 0.15) is 5.82 Å². The lowest BCUT2D eigenvalue weighted by Crippen LogP contribution is -2.38. The lowest BCUT2D eigenvalue weighted by Gasteiger charge is -2.12. The molecule has 0 amide bonds. The smallest absolute Gasteiger partial charge is 0.238 e. The molecule has 0 bridgehead atoms. The molecule has 0 heterocycles. The molecular weight excluding hydrogens is 506 g/mol. The van der Waals surface area contributed by atoms with Crippen LogP contribution in [0.15, 0.2) is 52.4 Å². The Balaban J connectivity index is 0.00000420. The number of benzene rings is 2. The van der Waals surface area contributed by atoms with Crippen molar-refractivity contribution in [3.8, 4) is 0 Å². The van der Waals surface area contributed by atoms with E-state index in [4.69, 9.17) is 5.14 Å². The van der Waals surface area contributed by atoms with Crippen molar-refractivity contribution in [2.24, 2.45) is 10.1 Å². The van der Waals surface area contributed by atoms with E-state index in [0.717, 1.165) is 29.7 Å². The van der Waals surface area contributed by atoms with Gasteiger partial charge in [0.25, 0.3) is 0 Å². The van der Waals surface area contributed by atoms with E-state index in [1.54, 1.807) is 18.2 Å². The lowest BCUT2D eigenvalue weighted by molar-refractivity contribution is 0.597. The average molecular weight is 534 g/mol. The number of aliphatic imine (C=N–C) groups is 1. The van der Waals surface area contributed by atoms with Gasteiger partial charge in [0.2, 0.25) is 10.0 Å². The minimum Gasteiger partial charge on any atom is -0.357 e. The van der Waals surface area contributed by atoms with E-state index in [2.05, 4.69) is 15.6 Å². The largest absolute Gasteiger partial charge is 0.357 e. The average Bonchev–Trinajstić information content (AvgIpc) is 2.63. The molecule has 0 aliphatic rings. The Hall–Kier alpha value is -1.72. The van der Waals surface area contributed by atoms with E-state index >= 15 is 0 Å². The number of halogens is 2. The molecule has 0 unspecified atom stereocenters. The van der Waals surface area contributed by atoms with Crippen molar-refractivity contribution < 1.29 is 12.8 Å². The minimum absolute atomic E-state index is 0. The van der Waals surface area contributed by atoms with Gasteiger partial charge in [0.15, 0.2) is 5.96 Å². The Labute approximate surface area is 189 Å². The Morgan fingerprint density at radius 3 is 2.38 bits per heavy atom. The summed E-state index contributed by atoms with van der Waals surface area (Å²) in [4.78, 5) is 4.66. The number of nitrogens with two attached hydrogens (primary N) is 1. The summed E-state index contributed by atoms with van der Waals surface area (Å²) in [5, 5.41) is 11.6. The van der Waals surface area contributed by atoms with Crippen LogP contribution in [0.1, 0.15) is 23.6 Å². The first-order valence-corrected chi connectivity index (χ1v) is 10.7. The third-order valence-electron chi connectivity index (χ3n) is 4.26. The zero-order valence-electron chi connectivity index (χ0n) is 16.6. The number of nitrogens with zero attached hydrogens (tertiary/aromatic N) is 1. The van der Waals surface area contributed by atoms with Crippen molar-refractivity contribution in [2.45, 2.75) is 31.6 Å². The molecule has 0 fully saturated rings. The highest BCUT2D eigenvalue weighted by Crippen LogP contribution is 2.11. The van der Waals surface area contributed by atoms with Gasteiger partial charge in [0, 0.05) is 19.6 Å². The fraction of sp³-hybridized carbons (Fsp3) is 0.350. The molecule has 2 aromatic rings. The lowest BCUT2D eigenvalue weighted by atomic mass is 10.1. The van der Waals surface area contributed by atoms with Crippen molar-refractivity contribution in [1.29, 1.82) is 0 Å². The zero-order chi connectivity index (χ0) is 20.6. The molecule has 9 heteroatoms. The monoisotopic (exact) mass is 534 g/mol. The predicted molar refractivity (Wildman–Crippen MR) is 126 cm³/mol. The summed E-state index contributed by atoms with van der Waals surface area (Å²) >= 11 is 0. The maximum atomic E-state index is 13.2. The molecule has 0 radical (unpaired) electrons. The van der Waals surface area contributed by atoms with Crippen molar-refractivity contribution in [3.63, 3.8) is 0 Å². The Bertz CT molecular complexity index is 919. The van der Waals surface area contributed by atoms with Crippen LogP contribution in [-0.2, 0) is 22.9 Å². The molecule has 2 rings (SSSR count). The van der Waals surface area contributed by atoms with Crippen LogP contribution in [-0.4, -0.2) is 34.0 Å². The van der Waals surface area contributed by atoms with Crippen molar-refractivity contribution in [3.05, 3.63) is 65.0 Å². The molecule has 0 aromatic heterocycles. The topological polar surface area (TPSA) is 96.6 Å². The SMILES string of the molecule is CCNC(=NCCc1ccc(F)cc1C)NCCc1ccc(S(N)(=O)=O)cc1.I. The van der Waals surface area contributed by atoms with Crippen molar-refractivity contribution in [2.75, 3.05) is 19.6 Å². The van der Waals surface area contributed by atoms with Crippen LogP contribution in [0.5, 0.6) is 0 Å². The van der Waals surface area contributed by atoms with E-state index in [0.29, 0.717) is 25.5 Å². The number of primary sulfonamides is 1. The molecule has 2 aromatic carbocycles. The molecule has 160 valence electrons. The van der Waals surface area contributed by atoms with Crippen LogP contribution in [0.4, 0.5) is 4.39 Å². The number of hydrogen-bond donors (Lipinski definition) is 3. The van der Waals surface area contributed by atoms with Gasteiger partial charge < -0.3 is 10.6 Å². The Morgan fingerprint density at radius 2 is 1.79 bits per heavy atom. The van der Waals surface area contributed by atoms with Gasteiger partial charge in [0.05, 0.1) is 4.90 Å². The van der Waals surface area contributed by atoms with Crippen LogP contribution >= 0.6 is 24.0 Å². The molecule has 0 atom stereocenters. The first-order chi connectivity index (χ1) is 13.3. The quantitative estimate of drug-likeness (QED) is 0.276. The van der Waals surface area contributed by atoms with Gasteiger partial charge >= 0.3 is 0 Å². The number of guanidine groups is 1. The molecule has 0 aliphatic heterocycles. The summed E-state index contributed by atoms with van der Waals surface area (Å²) in [6.45, 7) is 5.87. The summed E-state index contributed by atoms with van der Waals surface area (Å²) in [6, 6.07) is 11.3. The fourth-order valence-electron chi connectivity index (χ4n) is 2.74. The van der Waals surface area contributed by atoms with Crippen LogP contribution < -0.4 is 15.8 Å². The molecule has 0 spiro atoms. The van der Waals surface area contributed by atoms with Gasteiger partial charge in [-0.2, -0.15) is 0 Å². The second-order valence-corrected chi connectivity index (χ2v) is 8.01. The van der Waals surface area contributed by atoms with Crippen LogP contribution in [0, 0.1) is 12.7 Å². The molecular formula is C20H28FIN4O2S. The van der Waals surface area contributed by atoms with Gasteiger partial charge in [-0.05, 0) is 67.6 Å². The van der Waals surface area contributed by atoms with E-state index in [1.807, 2.05) is 13.8 Å². The second kappa shape index (κ2) is 12.1. The summed E-state index contributed by atoms with van der Waals surface area (Å²) in [5.41, 5.74) is 3.00. The van der Waals surface area contributed by atoms with E-state index in [9.17, 15) is 12.8 Å². The normalized spacial score (nSPS) is 11.7. The number of aryl methyl sites for hydroxylation is 1. The highest BCUT2D eigenvalue weighted by Gasteiger charge is 2.07. The van der Waals surface area contributed by atoms with Crippen LogP contribution in [0.2, 0.25) is 0 Å². The van der Waals surface area contributed by atoms with Crippen LogP contribution in [0.3, 0.4) is 0 Å². The summed E-state index contributed by atoms with van der Waals surface area (Å²) in [6.07, 6.45) is 1.45. The van der Waals surface area contributed by atoms with Crippen molar-refractivity contribution >= 4 is 40.0 Å². The van der Waals surface area contributed by atoms with Gasteiger partial charge in [-0.1, -0.05) is 18.2 Å². The minimum atomic E-state index is -3.67. The highest BCUT2D eigenvalue weighted by molar-refractivity contribution is 14.0. The maximum absolute atomic E-state index is 13.2. The molecule has 29 heavy (non-hydrogen) atoms. The predicted octanol–water partition coefficient (Wildman–Crippen LogP) is 2.74. The maximum Gasteiger partial charge on any atom is 0.238 e. The van der Waals surface area contributed by atoms with Gasteiger partial charge in [-0.15, -0.1) is 24.0 Å². The Kier molecular flexibility index (Phi) is 10.5. The van der Waals surface area contributed by atoms with Crippen LogP contribution in [0.25, 0.3) is 0 Å². The van der Waals surface area contributed by atoms with Crippen molar-refractivity contribution in [1.82, 2.24) is 10.6 Å². The fourth-order valence-corrected chi connectivity index (χ4v) is 3.26. The first-order valence-electron chi connectivity index (χ1n) is 9.18. The molecule has 0 saturated carbocycles. The number of hydrogen-bond acceptors (Lipinski definition) is 3. The van der Waals surface area contributed by atoms with E-state index < -0.39 is 10.0 Å². The molecule has 0 saturated heterocycles. The van der Waals surface area contributed by atoms with Gasteiger partial charge in [-0.3, -0.25) is 4.99 Å².